The van der Waals surface area contributed by atoms with Crippen LogP contribution >= 0.6 is 0 Å². The van der Waals surface area contributed by atoms with Crippen LogP contribution < -0.4 is 10.1 Å². The van der Waals surface area contributed by atoms with E-state index in [-0.39, 0.29) is 24.1 Å². The topological polar surface area (TPSA) is 70.6 Å². The summed E-state index contributed by atoms with van der Waals surface area (Å²) in [5, 5.41) is 3.04. The van der Waals surface area contributed by atoms with Crippen molar-refractivity contribution in [1.29, 1.82) is 0 Å². The number of ether oxygens (including phenoxy) is 1. The van der Waals surface area contributed by atoms with Crippen molar-refractivity contribution < 1.29 is 22.7 Å². The summed E-state index contributed by atoms with van der Waals surface area (Å²) in [4.78, 5) is 25.9. The summed E-state index contributed by atoms with van der Waals surface area (Å²) in [5.74, 6) is 0.303. The predicted molar refractivity (Wildman–Crippen MR) is 124 cm³/mol. The van der Waals surface area contributed by atoms with Crippen molar-refractivity contribution in [2.24, 2.45) is 0 Å². The SMILES string of the molecule is O=C(c1cnc(NCc2cc(OC(F)(F)F)cc(C3CC3)c2)nc1)N1CCCCN(C2CCC2)C1. The zero-order valence-corrected chi connectivity index (χ0v) is 19.6. The van der Waals surface area contributed by atoms with Gasteiger partial charge in [-0.3, -0.25) is 9.69 Å². The van der Waals surface area contributed by atoms with Crippen LogP contribution in [0, 0.1) is 0 Å². The second-order valence-electron chi connectivity index (χ2n) is 9.70. The van der Waals surface area contributed by atoms with Crippen molar-refractivity contribution in [3.8, 4) is 5.75 Å². The number of hydrogen-bond donors (Lipinski definition) is 1. The van der Waals surface area contributed by atoms with Gasteiger partial charge in [-0.05, 0) is 67.7 Å². The van der Waals surface area contributed by atoms with Crippen LogP contribution in [0.5, 0.6) is 5.75 Å². The van der Waals surface area contributed by atoms with Crippen LogP contribution in [0.2, 0.25) is 0 Å². The fraction of sp³-hybridized carbons (Fsp3) is 0.560. The van der Waals surface area contributed by atoms with E-state index in [1.54, 1.807) is 0 Å². The highest BCUT2D eigenvalue weighted by Crippen LogP contribution is 2.42. The lowest BCUT2D eigenvalue weighted by atomic mass is 9.91. The molecule has 1 saturated heterocycles. The normalized spacial score (nSPS) is 19.7. The Morgan fingerprint density at radius 1 is 1.03 bits per heavy atom. The number of carbonyl (C=O) groups is 1. The first-order valence-electron chi connectivity index (χ1n) is 12.3. The molecule has 10 heteroatoms. The summed E-state index contributed by atoms with van der Waals surface area (Å²) in [5.41, 5.74) is 1.93. The van der Waals surface area contributed by atoms with Gasteiger partial charge in [-0.2, -0.15) is 0 Å². The van der Waals surface area contributed by atoms with Crippen molar-refractivity contribution >= 4 is 11.9 Å². The van der Waals surface area contributed by atoms with Gasteiger partial charge >= 0.3 is 6.36 Å². The molecule has 5 rings (SSSR count). The molecule has 0 unspecified atom stereocenters. The molecule has 3 fully saturated rings. The van der Waals surface area contributed by atoms with Gasteiger partial charge in [0, 0.05) is 38.1 Å². The summed E-state index contributed by atoms with van der Waals surface area (Å²) in [7, 11) is 0. The molecular weight excluding hydrogens is 459 g/mol. The molecule has 1 aliphatic heterocycles. The maximum absolute atomic E-state index is 13.1. The maximum Gasteiger partial charge on any atom is 0.573 e. The van der Waals surface area contributed by atoms with E-state index in [9.17, 15) is 18.0 Å². The first kappa shape index (κ1) is 23.8. The average Bonchev–Trinajstić information content (AvgIpc) is 3.63. The minimum absolute atomic E-state index is 0.0751. The molecule has 3 aliphatic rings. The van der Waals surface area contributed by atoms with E-state index in [1.807, 2.05) is 11.0 Å². The number of nitrogens with zero attached hydrogens (tertiary/aromatic N) is 4. The van der Waals surface area contributed by atoms with Crippen LogP contribution in [0.4, 0.5) is 19.1 Å². The van der Waals surface area contributed by atoms with Crippen molar-refractivity contribution in [3.63, 3.8) is 0 Å². The van der Waals surface area contributed by atoms with Gasteiger partial charge in [-0.1, -0.05) is 12.5 Å². The molecule has 2 heterocycles. The predicted octanol–water partition coefficient (Wildman–Crippen LogP) is 4.91. The zero-order chi connectivity index (χ0) is 24.4. The molecular formula is C25H30F3N5O2. The van der Waals surface area contributed by atoms with Gasteiger partial charge in [0.1, 0.15) is 5.75 Å². The zero-order valence-electron chi connectivity index (χ0n) is 19.6. The molecule has 1 aromatic heterocycles. The largest absolute Gasteiger partial charge is 0.573 e. The Morgan fingerprint density at radius 2 is 1.77 bits per heavy atom. The highest BCUT2D eigenvalue weighted by atomic mass is 19.4. The Bertz CT molecular complexity index is 1040. The van der Waals surface area contributed by atoms with Crippen LogP contribution in [-0.4, -0.2) is 57.8 Å². The summed E-state index contributed by atoms with van der Waals surface area (Å²) in [6, 6.07) is 5.31. The highest BCUT2D eigenvalue weighted by Gasteiger charge is 2.33. The Balaban J connectivity index is 1.21. The van der Waals surface area contributed by atoms with E-state index in [0.29, 0.717) is 29.8 Å². The number of benzene rings is 1. The van der Waals surface area contributed by atoms with Gasteiger partial charge in [0.25, 0.3) is 5.91 Å². The Morgan fingerprint density at radius 3 is 2.43 bits per heavy atom. The molecule has 7 nitrogen and oxygen atoms in total. The number of alkyl halides is 3. The quantitative estimate of drug-likeness (QED) is 0.596. The first-order valence-corrected chi connectivity index (χ1v) is 12.3. The van der Waals surface area contributed by atoms with E-state index < -0.39 is 6.36 Å². The summed E-state index contributed by atoms with van der Waals surface area (Å²) in [6.07, 6.45) is 5.97. The van der Waals surface area contributed by atoms with Crippen LogP contribution in [0.1, 0.15) is 72.3 Å². The van der Waals surface area contributed by atoms with Crippen molar-refractivity contribution in [2.75, 3.05) is 25.1 Å². The number of hydrogen-bond acceptors (Lipinski definition) is 6. The number of aromatic nitrogens is 2. The molecule has 1 amide bonds. The number of rotatable bonds is 7. The lowest BCUT2D eigenvalue weighted by Gasteiger charge is -2.38. The van der Waals surface area contributed by atoms with E-state index in [2.05, 4.69) is 24.9 Å². The third kappa shape index (κ3) is 6.22. The third-order valence-corrected chi connectivity index (χ3v) is 6.97. The van der Waals surface area contributed by atoms with Gasteiger partial charge in [0.2, 0.25) is 5.95 Å². The minimum Gasteiger partial charge on any atom is -0.406 e. The van der Waals surface area contributed by atoms with Gasteiger partial charge < -0.3 is 15.0 Å². The third-order valence-electron chi connectivity index (χ3n) is 6.97. The molecule has 1 aromatic carbocycles. The molecule has 0 atom stereocenters. The first-order chi connectivity index (χ1) is 16.8. The molecule has 0 spiro atoms. The second kappa shape index (κ2) is 10.0. The minimum atomic E-state index is -4.74. The molecule has 1 N–H and O–H groups in total. The molecule has 35 heavy (non-hydrogen) atoms. The molecule has 0 bridgehead atoms. The van der Waals surface area contributed by atoms with Crippen LogP contribution in [0.15, 0.2) is 30.6 Å². The molecule has 2 aromatic rings. The number of halogens is 3. The monoisotopic (exact) mass is 489 g/mol. The van der Waals surface area contributed by atoms with Gasteiger partial charge in [0.05, 0.1) is 12.2 Å². The van der Waals surface area contributed by atoms with Gasteiger partial charge in [-0.25, -0.2) is 9.97 Å². The van der Waals surface area contributed by atoms with Crippen molar-refractivity contribution in [2.45, 2.75) is 69.8 Å². The van der Waals surface area contributed by atoms with Crippen LogP contribution in [0.3, 0.4) is 0 Å². The smallest absolute Gasteiger partial charge is 0.406 e. The maximum atomic E-state index is 13.1. The Labute approximate surface area is 202 Å². The lowest BCUT2D eigenvalue weighted by molar-refractivity contribution is -0.274. The van der Waals surface area contributed by atoms with E-state index in [0.717, 1.165) is 44.3 Å². The molecule has 2 aliphatic carbocycles. The highest BCUT2D eigenvalue weighted by molar-refractivity contribution is 5.93. The Kier molecular flexibility index (Phi) is 6.82. The lowest BCUT2D eigenvalue weighted by Crippen LogP contribution is -2.47. The van der Waals surface area contributed by atoms with Gasteiger partial charge in [0.15, 0.2) is 0 Å². The van der Waals surface area contributed by atoms with Crippen LogP contribution in [-0.2, 0) is 6.54 Å². The van der Waals surface area contributed by atoms with E-state index >= 15 is 0 Å². The van der Waals surface area contributed by atoms with Gasteiger partial charge in [-0.15, -0.1) is 13.2 Å². The van der Waals surface area contributed by atoms with Crippen molar-refractivity contribution in [3.05, 3.63) is 47.3 Å². The number of anilines is 1. The van der Waals surface area contributed by atoms with Crippen molar-refractivity contribution in [1.82, 2.24) is 19.8 Å². The van der Waals surface area contributed by atoms with Crippen LogP contribution in [0.25, 0.3) is 0 Å². The summed E-state index contributed by atoms with van der Waals surface area (Å²) < 4.78 is 42.3. The molecule has 0 radical (unpaired) electrons. The molecule has 2 saturated carbocycles. The second-order valence-corrected chi connectivity index (χ2v) is 9.70. The molecule has 188 valence electrons. The average molecular weight is 490 g/mol. The fourth-order valence-electron chi connectivity index (χ4n) is 4.72. The number of amides is 1. The van der Waals surface area contributed by atoms with E-state index in [1.165, 1.54) is 43.8 Å². The Hall–Kier alpha value is -2.88. The number of nitrogens with one attached hydrogen (secondary N) is 1. The standard InChI is InChI=1S/C25H30F3N5O2/c26-25(27,28)35-22-11-17(10-19(12-22)18-6-7-18)13-29-24-30-14-20(15-31-24)23(34)33-9-2-1-8-32(16-33)21-4-3-5-21/h10-12,14-15,18,21H,1-9,13,16H2,(H,29,30,31). The van der Waals surface area contributed by atoms with E-state index in [4.69, 9.17) is 0 Å². The summed E-state index contributed by atoms with van der Waals surface area (Å²) >= 11 is 0. The number of carbonyl (C=O) groups excluding carboxylic acids is 1. The fourth-order valence-corrected chi connectivity index (χ4v) is 4.72. The summed E-state index contributed by atoms with van der Waals surface area (Å²) in [6.45, 7) is 2.64.